The van der Waals surface area contributed by atoms with E-state index in [-0.39, 0.29) is 16.4 Å². The van der Waals surface area contributed by atoms with Gasteiger partial charge in [-0.1, -0.05) is 6.92 Å². The van der Waals surface area contributed by atoms with Crippen LogP contribution in [0.1, 0.15) is 30.1 Å². The number of hydrogen-bond acceptors (Lipinski definition) is 5. The molecule has 2 fully saturated rings. The van der Waals surface area contributed by atoms with Crippen molar-refractivity contribution >= 4 is 15.9 Å². The van der Waals surface area contributed by atoms with Crippen LogP contribution in [0, 0.1) is 5.92 Å². The fraction of sp³-hybridized carbons (Fsp3) is 0.611. The molecule has 0 unspecified atom stereocenters. The van der Waals surface area contributed by atoms with Crippen LogP contribution in [-0.2, 0) is 14.8 Å². The van der Waals surface area contributed by atoms with Crippen LogP contribution in [0.4, 0.5) is 0 Å². The first-order valence-corrected chi connectivity index (χ1v) is 10.4. The number of piperidine rings is 1. The molecule has 0 aromatic heterocycles. The molecule has 0 N–H and O–H groups in total. The first kappa shape index (κ1) is 19.1. The smallest absolute Gasteiger partial charge is 0.257 e. The van der Waals surface area contributed by atoms with E-state index in [0.717, 1.165) is 12.8 Å². The second kappa shape index (κ2) is 7.94. The van der Waals surface area contributed by atoms with Gasteiger partial charge in [-0.05, 0) is 37.0 Å². The predicted octanol–water partition coefficient (Wildman–Crippen LogP) is 1.59. The molecule has 7 nitrogen and oxygen atoms in total. The number of benzene rings is 1. The minimum Gasteiger partial charge on any atom is -0.496 e. The van der Waals surface area contributed by atoms with E-state index in [1.807, 2.05) is 0 Å². The second-order valence-corrected chi connectivity index (χ2v) is 8.79. The number of rotatable bonds is 4. The summed E-state index contributed by atoms with van der Waals surface area (Å²) >= 11 is 0. The lowest BCUT2D eigenvalue weighted by Gasteiger charge is -2.30. The molecule has 2 saturated heterocycles. The van der Waals surface area contributed by atoms with Gasteiger partial charge in [0.2, 0.25) is 10.0 Å². The number of morpholine rings is 1. The van der Waals surface area contributed by atoms with E-state index < -0.39 is 10.0 Å². The number of ether oxygens (including phenoxy) is 2. The maximum atomic E-state index is 13.0. The van der Waals surface area contributed by atoms with Crippen molar-refractivity contribution in [3.63, 3.8) is 0 Å². The van der Waals surface area contributed by atoms with Gasteiger partial charge in [0, 0.05) is 26.2 Å². The zero-order valence-electron chi connectivity index (χ0n) is 15.3. The van der Waals surface area contributed by atoms with Crippen molar-refractivity contribution in [3.05, 3.63) is 23.8 Å². The highest BCUT2D eigenvalue weighted by Crippen LogP contribution is 2.28. The molecule has 2 aliphatic heterocycles. The molecule has 0 radical (unpaired) electrons. The molecular weight excluding hydrogens is 356 g/mol. The van der Waals surface area contributed by atoms with E-state index in [4.69, 9.17) is 9.47 Å². The van der Waals surface area contributed by atoms with Gasteiger partial charge < -0.3 is 14.4 Å². The quantitative estimate of drug-likeness (QED) is 0.790. The Hall–Kier alpha value is -1.64. The summed E-state index contributed by atoms with van der Waals surface area (Å²) in [7, 11) is -2.14. The van der Waals surface area contributed by atoms with E-state index in [0.29, 0.717) is 51.1 Å². The van der Waals surface area contributed by atoms with Crippen LogP contribution in [0.15, 0.2) is 23.1 Å². The number of hydrogen-bond donors (Lipinski definition) is 0. The third-order valence-corrected chi connectivity index (χ3v) is 6.97. The standard InChI is InChI=1S/C18H26N2O5S/c1-14-5-7-20(8-6-14)26(22,23)15-3-4-17(24-2)16(13-15)18(21)19-9-11-25-12-10-19/h3-4,13-14H,5-12H2,1-2H3. The largest absolute Gasteiger partial charge is 0.496 e. The molecule has 2 heterocycles. The molecule has 1 aromatic rings. The Morgan fingerprint density at radius 3 is 2.42 bits per heavy atom. The molecule has 26 heavy (non-hydrogen) atoms. The number of carbonyl (C=O) groups is 1. The van der Waals surface area contributed by atoms with Crippen LogP contribution in [-0.4, -0.2) is 70.0 Å². The highest BCUT2D eigenvalue weighted by Gasteiger charge is 2.30. The summed E-state index contributed by atoms with van der Waals surface area (Å²) in [6.45, 7) is 5.11. The summed E-state index contributed by atoms with van der Waals surface area (Å²) in [5, 5.41) is 0. The number of nitrogens with zero attached hydrogens (tertiary/aromatic N) is 2. The van der Waals surface area contributed by atoms with Crippen LogP contribution in [0.2, 0.25) is 0 Å². The molecule has 0 spiro atoms. The predicted molar refractivity (Wildman–Crippen MR) is 96.9 cm³/mol. The molecule has 1 amide bonds. The summed E-state index contributed by atoms with van der Waals surface area (Å²) in [6, 6.07) is 4.53. The number of carbonyl (C=O) groups excluding carboxylic acids is 1. The number of sulfonamides is 1. The third-order valence-electron chi connectivity index (χ3n) is 5.08. The molecule has 0 aliphatic carbocycles. The average molecular weight is 382 g/mol. The molecule has 1 aromatic carbocycles. The van der Waals surface area contributed by atoms with Crippen LogP contribution in [0.25, 0.3) is 0 Å². The van der Waals surface area contributed by atoms with Crippen molar-refractivity contribution in [3.8, 4) is 5.75 Å². The molecule has 3 rings (SSSR count). The van der Waals surface area contributed by atoms with Gasteiger partial charge in [-0.2, -0.15) is 4.31 Å². The summed E-state index contributed by atoms with van der Waals surface area (Å²) < 4.78 is 38.1. The molecule has 2 aliphatic rings. The van der Waals surface area contributed by atoms with Crippen LogP contribution in [0.3, 0.4) is 0 Å². The molecule has 0 saturated carbocycles. The van der Waals surface area contributed by atoms with Crippen molar-refractivity contribution in [1.29, 1.82) is 0 Å². The van der Waals surface area contributed by atoms with Crippen molar-refractivity contribution < 1.29 is 22.7 Å². The van der Waals surface area contributed by atoms with Crippen molar-refractivity contribution in [2.45, 2.75) is 24.7 Å². The average Bonchev–Trinajstić information content (AvgIpc) is 2.68. The lowest BCUT2D eigenvalue weighted by Crippen LogP contribution is -2.41. The van der Waals surface area contributed by atoms with E-state index in [1.54, 1.807) is 11.0 Å². The van der Waals surface area contributed by atoms with Gasteiger partial charge in [0.25, 0.3) is 5.91 Å². The Bertz CT molecular complexity index is 751. The molecule has 0 atom stereocenters. The minimum absolute atomic E-state index is 0.143. The van der Waals surface area contributed by atoms with Gasteiger partial charge in [-0.3, -0.25) is 4.79 Å². The molecular formula is C18H26N2O5S. The molecule has 8 heteroatoms. The zero-order valence-corrected chi connectivity index (χ0v) is 16.1. The zero-order chi connectivity index (χ0) is 18.7. The van der Waals surface area contributed by atoms with Crippen molar-refractivity contribution in [2.75, 3.05) is 46.5 Å². The Morgan fingerprint density at radius 1 is 1.15 bits per heavy atom. The Kier molecular flexibility index (Phi) is 5.84. The van der Waals surface area contributed by atoms with Gasteiger partial charge in [-0.15, -0.1) is 0 Å². The lowest BCUT2D eigenvalue weighted by atomic mass is 10.0. The summed E-state index contributed by atoms with van der Waals surface area (Å²) in [4.78, 5) is 14.7. The summed E-state index contributed by atoms with van der Waals surface area (Å²) in [5.41, 5.74) is 0.279. The normalized spacial score (nSPS) is 20.2. The van der Waals surface area contributed by atoms with Gasteiger partial charge in [0.15, 0.2) is 0 Å². The molecule has 144 valence electrons. The Morgan fingerprint density at radius 2 is 1.81 bits per heavy atom. The fourth-order valence-corrected chi connectivity index (χ4v) is 4.82. The van der Waals surface area contributed by atoms with E-state index in [9.17, 15) is 13.2 Å². The second-order valence-electron chi connectivity index (χ2n) is 6.85. The highest BCUT2D eigenvalue weighted by molar-refractivity contribution is 7.89. The van der Waals surface area contributed by atoms with Crippen molar-refractivity contribution in [2.24, 2.45) is 5.92 Å². The monoisotopic (exact) mass is 382 g/mol. The van der Waals surface area contributed by atoms with E-state index in [1.165, 1.54) is 23.5 Å². The van der Waals surface area contributed by atoms with Gasteiger partial charge in [0.1, 0.15) is 5.75 Å². The maximum absolute atomic E-state index is 13.0. The fourth-order valence-electron chi connectivity index (χ4n) is 3.33. The van der Waals surface area contributed by atoms with E-state index in [2.05, 4.69) is 6.92 Å². The summed E-state index contributed by atoms with van der Waals surface area (Å²) in [5.74, 6) is 0.693. The maximum Gasteiger partial charge on any atom is 0.257 e. The first-order chi connectivity index (χ1) is 12.4. The third kappa shape index (κ3) is 3.87. The number of amides is 1. The summed E-state index contributed by atoms with van der Waals surface area (Å²) in [6.07, 6.45) is 1.71. The Balaban J connectivity index is 1.90. The van der Waals surface area contributed by atoms with Gasteiger partial charge >= 0.3 is 0 Å². The SMILES string of the molecule is COc1ccc(S(=O)(=O)N2CCC(C)CC2)cc1C(=O)N1CCOCC1. The van der Waals surface area contributed by atoms with Crippen LogP contribution >= 0.6 is 0 Å². The first-order valence-electron chi connectivity index (χ1n) is 8.98. The van der Waals surface area contributed by atoms with Gasteiger partial charge in [-0.25, -0.2) is 8.42 Å². The van der Waals surface area contributed by atoms with Crippen LogP contribution < -0.4 is 4.74 Å². The van der Waals surface area contributed by atoms with Gasteiger partial charge in [0.05, 0.1) is 30.8 Å². The molecule has 0 bridgehead atoms. The number of methoxy groups -OCH3 is 1. The Labute approximate surface area is 154 Å². The minimum atomic E-state index is -3.61. The lowest BCUT2D eigenvalue weighted by molar-refractivity contribution is 0.0300. The van der Waals surface area contributed by atoms with E-state index >= 15 is 0 Å². The topological polar surface area (TPSA) is 76.2 Å². The van der Waals surface area contributed by atoms with Crippen molar-refractivity contribution in [1.82, 2.24) is 9.21 Å². The van der Waals surface area contributed by atoms with Crippen LogP contribution in [0.5, 0.6) is 5.75 Å². The highest BCUT2D eigenvalue weighted by atomic mass is 32.2.